The largest absolute Gasteiger partial charge is 0.478 e. The molecule has 0 radical (unpaired) electrons. The zero-order chi connectivity index (χ0) is 58.3. The molecule has 0 aliphatic heterocycles. The van der Waals surface area contributed by atoms with E-state index in [0.717, 1.165) is 33.4 Å². The van der Waals surface area contributed by atoms with Gasteiger partial charge in [0.2, 0.25) is 0 Å². The van der Waals surface area contributed by atoms with Gasteiger partial charge in [0, 0.05) is 11.8 Å². The van der Waals surface area contributed by atoms with Gasteiger partial charge in [0.1, 0.15) is 0 Å². The highest BCUT2D eigenvalue weighted by molar-refractivity contribution is 5.95. The minimum Gasteiger partial charge on any atom is -0.478 e. The van der Waals surface area contributed by atoms with Gasteiger partial charge in [0.15, 0.2) is 0 Å². The quantitative estimate of drug-likeness (QED) is 0.101. The first-order valence-corrected chi connectivity index (χ1v) is 26.9. The van der Waals surface area contributed by atoms with Crippen LogP contribution in [0.4, 0.5) is 0 Å². The molecule has 4 N–H and O–H groups in total. The smallest absolute Gasteiger partial charge is 0.336 e. The fourth-order valence-electron chi connectivity index (χ4n) is 11.0. The number of carboxylic acid groups (broad SMARTS) is 4. The van der Waals surface area contributed by atoms with Crippen molar-refractivity contribution in [2.45, 2.75) is 221 Å². The molecule has 0 atom stereocenters. The molecule has 0 bridgehead atoms. The van der Waals surface area contributed by atoms with Gasteiger partial charge in [-0.25, -0.2) is 19.2 Å². The van der Waals surface area contributed by atoms with Crippen molar-refractivity contribution in [1.29, 1.82) is 0 Å². The predicted octanol–water partition coefficient (Wildman–Crippen LogP) is 17.2. The molecule has 0 heterocycles. The third-order valence-electron chi connectivity index (χ3n) is 14.9. The van der Waals surface area contributed by atoms with Crippen molar-refractivity contribution in [2.24, 2.45) is 0 Å². The standard InChI is InChI=1S/C68H90O8/c1-61(2,3)43-29-39(30-44(62(4,5)6)53(43)57(69)70)51(40-31-45(63(7,8)9)54(58(71)72)46(32-40)64(10,11)12)37-25-27-38(28-26-37)52(41-33-47(65(13,14)15)55(59(73)74)48(34-41)66(16,17)18)42-35-49(67(19,20)21)56(60(75)76)50(36-42)68(22,23)24/h25-36,51-52H,1-24H3,(H,69,70)(H,71,72)(H,73,74)(H,75,76). The summed E-state index contributed by atoms with van der Waals surface area (Å²) in [5.74, 6) is -4.99. The summed E-state index contributed by atoms with van der Waals surface area (Å²) in [5, 5.41) is 43.8. The molecule has 0 aromatic heterocycles. The first-order chi connectivity index (χ1) is 34.1. The van der Waals surface area contributed by atoms with E-state index in [1.54, 1.807) is 0 Å². The summed E-state index contributed by atoms with van der Waals surface area (Å²) in [4.78, 5) is 53.6. The van der Waals surface area contributed by atoms with Gasteiger partial charge in [0.05, 0.1) is 22.3 Å². The summed E-state index contributed by atoms with van der Waals surface area (Å²) in [6, 6.07) is 24.8. The lowest BCUT2D eigenvalue weighted by molar-refractivity contribution is 0.0680. The molecule has 5 aromatic rings. The van der Waals surface area contributed by atoms with Gasteiger partial charge in [0.25, 0.3) is 0 Å². The molecule has 410 valence electrons. The number of carboxylic acids is 4. The third kappa shape index (κ3) is 12.5. The lowest BCUT2D eigenvalue weighted by atomic mass is 9.69. The summed E-state index contributed by atoms with van der Waals surface area (Å²) in [7, 11) is 0. The van der Waals surface area contributed by atoms with Gasteiger partial charge in [-0.05, 0) is 121 Å². The number of rotatable bonds is 10. The number of hydrogen-bond acceptors (Lipinski definition) is 4. The van der Waals surface area contributed by atoms with Crippen LogP contribution >= 0.6 is 0 Å². The Bertz CT molecular complexity index is 2550. The molecular formula is C68H90O8. The zero-order valence-corrected chi connectivity index (χ0v) is 50.5. The Labute approximate surface area is 455 Å². The van der Waals surface area contributed by atoms with Crippen LogP contribution < -0.4 is 0 Å². The lowest BCUT2D eigenvalue weighted by Crippen LogP contribution is -2.26. The van der Waals surface area contributed by atoms with E-state index in [2.05, 4.69) is 24.3 Å². The molecule has 0 aliphatic carbocycles. The van der Waals surface area contributed by atoms with Crippen molar-refractivity contribution in [1.82, 2.24) is 0 Å². The summed E-state index contributed by atoms with van der Waals surface area (Å²) in [6.07, 6.45) is 0. The van der Waals surface area contributed by atoms with Crippen LogP contribution in [0.5, 0.6) is 0 Å². The van der Waals surface area contributed by atoms with E-state index in [-0.39, 0.29) is 22.3 Å². The third-order valence-corrected chi connectivity index (χ3v) is 14.9. The molecule has 0 spiro atoms. The molecule has 8 heteroatoms. The number of aromatic carboxylic acids is 4. The van der Waals surface area contributed by atoms with Gasteiger partial charge in [-0.1, -0.05) is 239 Å². The first-order valence-electron chi connectivity index (χ1n) is 26.9. The Morgan fingerprint density at radius 2 is 0.368 bits per heavy atom. The van der Waals surface area contributed by atoms with Gasteiger partial charge in [-0.2, -0.15) is 0 Å². The summed E-state index contributed by atoms with van der Waals surface area (Å²) < 4.78 is 0. The molecule has 8 nitrogen and oxygen atoms in total. The SMILES string of the molecule is CC(C)(C)c1cc(C(c2ccc(C(c3cc(C(C)(C)C)c(C(=O)O)c(C(C)(C)C)c3)c3cc(C(C)(C)C)c(C(=O)O)c(C(C)(C)C)c3)cc2)c2cc(C(C)(C)C)c(C(=O)O)c(C(C)(C)C)c2)cc(C(C)(C)C)c1C(=O)O. The van der Waals surface area contributed by atoms with Crippen LogP contribution in [0.3, 0.4) is 0 Å². The fraction of sp³-hybridized carbons (Fsp3) is 0.500. The van der Waals surface area contributed by atoms with Gasteiger partial charge >= 0.3 is 23.9 Å². The summed E-state index contributed by atoms with van der Waals surface area (Å²) in [5.41, 5.74) is 7.36. The second-order valence-electron chi connectivity index (χ2n) is 29.7. The zero-order valence-electron chi connectivity index (χ0n) is 50.5. The molecule has 76 heavy (non-hydrogen) atoms. The summed E-state index contributed by atoms with van der Waals surface area (Å²) >= 11 is 0. The van der Waals surface area contributed by atoms with Crippen molar-refractivity contribution in [3.63, 3.8) is 0 Å². The summed E-state index contributed by atoms with van der Waals surface area (Å²) in [6.45, 7) is 48.8. The fourth-order valence-corrected chi connectivity index (χ4v) is 11.0. The molecule has 0 saturated carbocycles. The maximum absolute atomic E-state index is 13.4. The van der Waals surface area contributed by atoms with Crippen molar-refractivity contribution < 1.29 is 39.6 Å². The van der Waals surface area contributed by atoms with Crippen molar-refractivity contribution in [3.8, 4) is 0 Å². The van der Waals surface area contributed by atoms with E-state index in [4.69, 9.17) is 0 Å². The van der Waals surface area contributed by atoms with Gasteiger partial charge in [-0.15, -0.1) is 0 Å². The van der Waals surface area contributed by atoms with Gasteiger partial charge in [-0.3, -0.25) is 0 Å². The van der Waals surface area contributed by atoms with Crippen LogP contribution in [-0.2, 0) is 43.3 Å². The van der Waals surface area contributed by atoms with Crippen LogP contribution in [0.2, 0.25) is 0 Å². The van der Waals surface area contributed by atoms with Crippen LogP contribution in [0, 0.1) is 0 Å². The first kappa shape index (κ1) is 60.8. The molecule has 0 amide bonds. The highest BCUT2D eigenvalue weighted by atomic mass is 16.4. The average molecular weight is 1040 g/mol. The Morgan fingerprint density at radius 3 is 0.461 bits per heavy atom. The van der Waals surface area contributed by atoms with E-state index in [0.29, 0.717) is 44.5 Å². The number of carbonyl (C=O) groups is 4. The predicted molar refractivity (Wildman–Crippen MR) is 312 cm³/mol. The van der Waals surface area contributed by atoms with Gasteiger partial charge < -0.3 is 20.4 Å². The molecular weight excluding hydrogens is 945 g/mol. The second kappa shape index (κ2) is 20.1. The van der Waals surface area contributed by atoms with Crippen molar-refractivity contribution in [3.05, 3.63) is 173 Å². The number of hydrogen-bond donors (Lipinski definition) is 4. The van der Waals surface area contributed by atoms with E-state index in [1.165, 1.54) is 0 Å². The van der Waals surface area contributed by atoms with E-state index >= 15 is 0 Å². The van der Waals surface area contributed by atoms with Crippen LogP contribution in [0.15, 0.2) is 72.8 Å². The van der Waals surface area contributed by atoms with Crippen LogP contribution in [0.25, 0.3) is 0 Å². The maximum atomic E-state index is 13.4. The van der Waals surface area contributed by atoms with E-state index < -0.39 is 79.0 Å². The van der Waals surface area contributed by atoms with Crippen molar-refractivity contribution in [2.75, 3.05) is 0 Å². The molecule has 5 aromatic carbocycles. The Hall–Kier alpha value is -6.02. The van der Waals surface area contributed by atoms with E-state index in [9.17, 15) is 39.6 Å². The highest BCUT2D eigenvalue weighted by Crippen LogP contribution is 2.47. The van der Waals surface area contributed by atoms with Crippen molar-refractivity contribution >= 4 is 23.9 Å². The Balaban J connectivity index is 2.08. The molecule has 0 unspecified atom stereocenters. The molecule has 5 rings (SSSR count). The second-order valence-corrected chi connectivity index (χ2v) is 29.7. The molecule has 0 saturated heterocycles. The number of benzene rings is 5. The minimum absolute atomic E-state index is 0.281. The highest BCUT2D eigenvalue weighted by Gasteiger charge is 2.38. The topological polar surface area (TPSA) is 149 Å². The maximum Gasteiger partial charge on any atom is 0.336 e. The normalized spacial score (nSPS) is 13.4. The Kier molecular flexibility index (Phi) is 16.1. The van der Waals surface area contributed by atoms with Crippen LogP contribution in [0.1, 0.15) is 297 Å². The Morgan fingerprint density at radius 1 is 0.250 bits per heavy atom. The average Bonchev–Trinajstić information content (AvgIpc) is 3.23. The van der Waals surface area contributed by atoms with Crippen LogP contribution in [-0.4, -0.2) is 44.3 Å². The molecule has 0 aliphatic rings. The minimum atomic E-state index is -0.995. The lowest BCUT2D eigenvalue weighted by Gasteiger charge is -2.34. The molecule has 0 fully saturated rings. The van der Waals surface area contributed by atoms with E-state index in [1.807, 2.05) is 215 Å². The monoisotopic (exact) mass is 1030 g/mol.